The average molecular weight is 603 g/mol. The molecule has 0 radical (unpaired) electrons. The molecule has 226 valence electrons. The predicted octanol–water partition coefficient (Wildman–Crippen LogP) is 3.66. The first-order chi connectivity index (χ1) is 19.9. The van der Waals surface area contributed by atoms with Gasteiger partial charge in [0.2, 0.25) is 5.91 Å². The van der Waals surface area contributed by atoms with Crippen LogP contribution in [0.3, 0.4) is 0 Å². The van der Waals surface area contributed by atoms with E-state index in [-0.39, 0.29) is 13.0 Å². The molecule has 1 aromatic heterocycles. The fourth-order valence-corrected chi connectivity index (χ4v) is 5.16. The van der Waals surface area contributed by atoms with Crippen LogP contribution in [0.4, 0.5) is 8.78 Å². The van der Waals surface area contributed by atoms with Gasteiger partial charge < -0.3 is 25.4 Å². The zero-order valence-electron chi connectivity index (χ0n) is 24.0. The van der Waals surface area contributed by atoms with E-state index in [4.69, 9.17) is 4.74 Å². The highest BCUT2D eigenvalue weighted by atomic mass is 32.1. The van der Waals surface area contributed by atoms with Gasteiger partial charge in [0.15, 0.2) is 6.10 Å². The highest BCUT2D eigenvalue weighted by Crippen LogP contribution is 2.20. The summed E-state index contributed by atoms with van der Waals surface area (Å²) >= 11 is 1.16. The fraction of sp³-hybridized carbons (Fsp3) is 0.400. The molecule has 42 heavy (non-hydrogen) atoms. The van der Waals surface area contributed by atoms with Gasteiger partial charge in [-0.2, -0.15) is 0 Å². The van der Waals surface area contributed by atoms with E-state index in [0.29, 0.717) is 50.9 Å². The molecule has 3 amide bonds. The van der Waals surface area contributed by atoms with E-state index in [1.807, 2.05) is 6.92 Å². The van der Waals surface area contributed by atoms with Crippen molar-refractivity contribution in [3.8, 4) is 5.75 Å². The highest BCUT2D eigenvalue weighted by molar-refractivity contribution is 7.13. The van der Waals surface area contributed by atoms with E-state index in [9.17, 15) is 28.3 Å². The molecule has 0 bridgehead atoms. The van der Waals surface area contributed by atoms with Gasteiger partial charge in [-0.3, -0.25) is 14.4 Å². The Morgan fingerprint density at radius 2 is 1.79 bits per heavy atom. The molecule has 0 saturated carbocycles. The number of nitrogens with one attached hydrogen (secondary N) is 2. The maximum Gasteiger partial charge on any atom is 0.263 e. The number of aliphatic hydroxyl groups excluding tert-OH is 1. The molecule has 3 N–H and O–H groups in total. The van der Waals surface area contributed by atoms with E-state index < -0.39 is 48.9 Å². The average Bonchev–Trinajstić information content (AvgIpc) is 3.28. The number of alkyl halides is 2. The zero-order chi connectivity index (χ0) is 30.9. The van der Waals surface area contributed by atoms with Crippen LogP contribution < -0.4 is 15.4 Å². The summed E-state index contributed by atoms with van der Waals surface area (Å²) in [6, 6.07) is 14.7. The Morgan fingerprint density at radius 3 is 2.40 bits per heavy atom. The molecule has 0 aliphatic heterocycles. The van der Waals surface area contributed by atoms with Crippen LogP contribution in [0.2, 0.25) is 0 Å². The number of thiazole rings is 1. The normalized spacial score (nSPS) is 12.7. The number of halogens is 2. The second kappa shape index (κ2) is 14.8. The number of carbonyl (C=O) groups excluding carboxylic acids is 3. The minimum Gasteiger partial charge on any atom is -0.494 e. The van der Waals surface area contributed by atoms with Crippen molar-refractivity contribution in [2.75, 3.05) is 19.7 Å². The molecular formula is C30H36F2N4O5S. The number of nitrogens with zero attached hydrogens (tertiary/aromatic N) is 2. The van der Waals surface area contributed by atoms with Gasteiger partial charge in [0, 0.05) is 13.5 Å². The first-order valence-electron chi connectivity index (χ1n) is 13.5. The van der Waals surface area contributed by atoms with Gasteiger partial charge in [-0.1, -0.05) is 42.5 Å². The maximum atomic E-state index is 14.1. The summed E-state index contributed by atoms with van der Waals surface area (Å²) in [5.41, 5.74) is 1.91. The SMILES string of the molecule is CCOc1cccc(CNC(=O)CN(CC(C)(F)F)C(=O)C(O)C(Cc2ccccc2)NC(=O)c2sc(C)nc2C)c1. The largest absolute Gasteiger partial charge is 0.494 e. The van der Waals surface area contributed by atoms with Gasteiger partial charge in [-0.05, 0) is 50.5 Å². The third kappa shape index (κ3) is 9.88. The monoisotopic (exact) mass is 602 g/mol. The van der Waals surface area contributed by atoms with Gasteiger partial charge in [-0.25, -0.2) is 13.8 Å². The Hall–Kier alpha value is -3.90. The van der Waals surface area contributed by atoms with Gasteiger partial charge in [0.25, 0.3) is 17.7 Å². The van der Waals surface area contributed by atoms with Crippen LogP contribution in [0.25, 0.3) is 0 Å². The molecule has 0 aliphatic rings. The van der Waals surface area contributed by atoms with Crippen LogP contribution in [0.1, 0.15) is 45.3 Å². The number of carbonyl (C=O) groups is 3. The molecule has 0 fully saturated rings. The molecule has 9 nitrogen and oxygen atoms in total. The van der Waals surface area contributed by atoms with Crippen molar-refractivity contribution in [1.82, 2.24) is 20.5 Å². The van der Waals surface area contributed by atoms with Crippen molar-refractivity contribution in [2.24, 2.45) is 0 Å². The summed E-state index contributed by atoms with van der Waals surface area (Å²) in [5, 5.41) is 17.1. The number of hydrogen-bond donors (Lipinski definition) is 3. The summed E-state index contributed by atoms with van der Waals surface area (Å²) in [4.78, 5) is 44.5. The highest BCUT2D eigenvalue weighted by Gasteiger charge is 2.36. The Bertz CT molecular complexity index is 1360. The lowest BCUT2D eigenvalue weighted by Crippen LogP contribution is -2.55. The second-order valence-corrected chi connectivity index (χ2v) is 11.2. The molecule has 0 spiro atoms. The number of amides is 3. The Balaban J connectivity index is 1.78. The van der Waals surface area contributed by atoms with Crippen molar-refractivity contribution in [3.63, 3.8) is 0 Å². The summed E-state index contributed by atoms with van der Waals surface area (Å²) in [6.07, 6.45) is -1.88. The first-order valence-corrected chi connectivity index (χ1v) is 14.3. The van der Waals surface area contributed by atoms with E-state index in [0.717, 1.165) is 11.3 Å². The number of rotatable bonds is 14. The third-order valence-electron chi connectivity index (χ3n) is 6.17. The van der Waals surface area contributed by atoms with E-state index in [1.165, 1.54) is 0 Å². The number of aliphatic hydroxyl groups is 1. The number of hydrogen-bond acceptors (Lipinski definition) is 7. The molecular weight excluding hydrogens is 566 g/mol. The Kier molecular flexibility index (Phi) is 11.5. The van der Waals surface area contributed by atoms with Crippen LogP contribution in [0, 0.1) is 13.8 Å². The van der Waals surface area contributed by atoms with Crippen molar-refractivity contribution in [1.29, 1.82) is 0 Å². The van der Waals surface area contributed by atoms with Crippen molar-refractivity contribution in [3.05, 3.63) is 81.3 Å². The minimum absolute atomic E-state index is 0.0368. The number of aryl methyl sites for hydroxylation is 2. The van der Waals surface area contributed by atoms with Crippen LogP contribution in [0.15, 0.2) is 54.6 Å². The fourth-order valence-electron chi connectivity index (χ4n) is 4.33. The van der Waals surface area contributed by atoms with Crippen LogP contribution in [0.5, 0.6) is 5.75 Å². The molecule has 2 unspecified atom stereocenters. The zero-order valence-corrected chi connectivity index (χ0v) is 24.8. The summed E-state index contributed by atoms with van der Waals surface area (Å²) in [7, 11) is 0. The lowest BCUT2D eigenvalue weighted by atomic mass is 9.99. The Labute approximate surface area is 247 Å². The van der Waals surface area contributed by atoms with Crippen molar-refractivity contribution >= 4 is 29.1 Å². The molecule has 3 rings (SSSR count). The van der Waals surface area contributed by atoms with Gasteiger partial charge in [0.1, 0.15) is 10.6 Å². The molecule has 0 aliphatic carbocycles. The molecule has 12 heteroatoms. The quantitative estimate of drug-likeness (QED) is 0.259. The standard InChI is InChI=1S/C30H36F2N4O5S/c1-5-41-23-13-9-12-22(14-23)16-33-25(37)17-36(18-30(4,31)32)29(40)26(38)24(15-21-10-7-6-8-11-21)35-28(39)27-19(2)34-20(3)42-27/h6-14,24,26,38H,5,15-18H2,1-4H3,(H,33,37)(H,35,39). The Morgan fingerprint density at radius 1 is 1.10 bits per heavy atom. The van der Waals surface area contributed by atoms with Crippen LogP contribution in [-0.4, -0.2) is 70.5 Å². The molecule has 0 saturated heterocycles. The molecule has 2 aromatic carbocycles. The van der Waals surface area contributed by atoms with Gasteiger partial charge in [0.05, 0.1) is 36.4 Å². The maximum absolute atomic E-state index is 14.1. The summed E-state index contributed by atoms with van der Waals surface area (Å²) < 4.78 is 33.7. The minimum atomic E-state index is -3.35. The van der Waals surface area contributed by atoms with Crippen LogP contribution >= 0.6 is 11.3 Å². The molecule has 2 atom stereocenters. The van der Waals surface area contributed by atoms with E-state index in [2.05, 4.69) is 15.6 Å². The molecule has 3 aromatic rings. The second-order valence-electron chi connectivity index (χ2n) is 9.98. The van der Waals surface area contributed by atoms with Crippen LogP contribution in [-0.2, 0) is 22.6 Å². The van der Waals surface area contributed by atoms with Crippen molar-refractivity contribution in [2.45, 2.75) is 58.7 Å². The van der Waals surface area contributed by atoms with Crippen molar-refractivity contribution < 1.29 is 33.0 Å². The summed E-state index contributed by atoms with van der Waals surface area (Å²) in [6.45, 7) is 4.60. The third-order valence-corrected chi connectivity index (χ3v) is 7.24. The first kappa shape index (κ1) is 32.6. The lowest BCUT2D eigenvalue weighted by Gasteiger charge is -2.31. The number of benzene rings is 2. The molecule has 1 heterocycles. The van der Waals surface area contributed by atoms with Gasteiger partial charge >= 0.3 is 0 Å². The van der Waals surface area contributed by atoms with E-state index in [1.54, 1.807) is 68.4 Å². The topological polar surface area (TPSA) is 121 Å². The smallest absolute Gasteiger partial charge is 0.263 e. The van der Waals surface area contributed by atoms with Gasteiger partial charge in [-0.15, -0.1) is 11.3 Å². The summed E-state index contributed by atoms with van der Waals surface area (Å²) in [5.74, 6) is -5.09. The number of ether oxygens (including phenoxy) is 1. The number of aromatic nitrogens is 1. The predicted molar refractivity (Wildman–Crippen MR) is 156 cm³/mol. The van der Waals surface area contributed by atoms with E-state index >= 15 is 0 Å². The lowest BCUT2D eigenvalue weighted by molar-refractivity contribution is -0.149.